The minimum atomic E-state index is -0.439. The van der Waals surface area contributed by atoms with Crippen LogP contribution in [0, 0.1) is 11.3 Å². The van der Waals surface area contributed by atoms with Crippen LogP contribution in [-0.2, 0) is 16.1 Å². The van der Waals surface area contributed by atoms with Crippen molar-refractivity contribution >= 4 is 5.91 Å². The second kappa shape index (κ2) is 8.43. The van der Waals surface area contributed by atoms with Crippen LogP contribution in [0.4, 0.5) is 0 Å². The zero-order chi connectivity index (χ0) is 17.5. The molecule has 0 saturated carbocycles. The summed E-state index contributed by atoms with van der Waals surface area (Å²) in [5.41, 5.74) is 2.44. The van der Waals surface area contributed by atoms with Crippen LogP contribution in [0.25, 0.3) is 0 Å². The number of carbonyl (C=O) groups is 1. The van der Waals surface area contributed by atoms with E-state index in [0.717, 1.165) is 11.1 Å². The third kappa shape index (κ3) is 4.24. The number of carbonyl (C=O) groups excluding carboxylic acids is 1. The van der Waals surface area contributed by atoms with Crippen molar-refractivity contribution in [3.05, 3.63) is 71.3 Å². The average molecular weight is 335 g/mol. The Morgan fingerprint density at radius 1 is 1.12 bits per heavy atom. The number of nitrogens with zero attached hydrogens (tertiary/aromatic N) is 2. The number of ether oxygens (including phenoxy) is 1. The molecule has 25 heavy (non-hydrogen) atoms. The summed E-state index contributed by atoms with van der Waals surface area (Å²) in [4.78, 5) is 14.9. The number of rotatable bonds is 5. The van der Waals surface area contributed by atoms with Crippen LogP contribution in [0.3, 0.4) is 0 Å². The van der Waals surface area contributed by atoms with E-state index in [-0.39, 0.29) is 5.91 Å². The lowest BCUT2D eigenvalue weighted by atomic mass is 10.0. The summed E-state index contributed by atoms with van der Waals surface area (Å²) in [5, 5.41) is 12.6. The molecule has 0 aliphatic carbocycles. The molecule has 2 aromatic carbocycles. The summed E-state index contributed by atoms with van der Waals surface area (Å²) in [6, 6.07) is 18.9. The van der Waals surface area contributed by atoms with Crippen molar-refractivity contribution in [3.8, 4) is 6.07 Å². The number of hydrogen-bond acceptors (Lipinski definition) is 4. The Labute approximate surface area is 147 Å². The Kier molecular flexibility index (Phi) is 5.78. The largest absolute Gasteiger partial charge is 0.378 e. The smallest absolute Gasteiger partial charge is 0.244 e. The maximum absolute atomic E-state index is 13.0. The van der Waals surface area contributed by atoms with Gasteiger partial charge in [-0.3, -0.25) is 10.1 Å². The van der Waals surface area contributed by atoms with Gasteiger partial charge in [0.25, 0.3) is 0 Å². The topological polar surface area (TPSA) is 65.4 Å². The number of amides is 1. The molecule has 5 nitrogen and oxygen atoms in total. The van der Waals surface area contributed by atoms with Crippen molar-refractivity contribution in [2.75, 3.05) is 26.3 Å². The Balaban J connectivity index is 1.79. The quantitative estimate of drug-likeness (QED) is 0.910. The van der Waals surface area contributed by atoms with Crippen molar-refractivity contribution in [2.45, 2.75) is 12.6 Å². The highest BCUT2D eigenvalue weighted by molar-refractivity contribution is 5.83. The Bertz CT molecular complexity index is 749. The van der Waals surface area contributed by atoms with Gasteiger partial charge in [-0.1, -0.05) is 48.5 Å². The van der Waals surface area contributed by atoms with E-state index in [1.165, 1.54) is 0 Å². The Morgan fingerprint density at radius 2 is 1.80 bits per heavy atom. The van der Waals surface area contributed by atoms with Gasteiger partial charge in [0.05, 0.1) is 24.8 Å². The minimum Gasteiger partial charge on any atom is -0.378 e. The highest BCUT2D eigenvalue weighted by atomic mass is 16.5. The molecular formula is C20H21N3O2. The first-order valence-corrected chi connectivity index (χ1v) is 8.42. The van der Waals surface area contributed by atoms with Gasteiger partial charge in [-0.25, -0.2) is 0 Å². The van der Waals surface area contributed by atoms with E-state index in [4.69, 9.17) is 4.74 Å². The summed E-state index contributed by atoms with van der Waals surface area (Å²) in [7, 11) is 0. The second-order valence-corrected chi connectivity index (χ2v) is 5.93. The van der Waals surface area contributed by atoms with Crippen molar-refractivity contribution in [2.24, 2.45) is 0 Å². The van der Waals surface area contributed by atoms with Crippen molar-refractivity contribution in [3.63, 3.8) is 0 Å². The predicted octanol–water partition coefficient (Wildman–Crippen LogP) is 2.25. The van der Waals surface area contributed by atoms with Gasteiger partial charge in [0.15, 0.2) is 0 Å². The van der Waals surface area contributed by atoms with Gasteiger partial charge in [-0.15, -0.1) is 0 Å². The molecule has 3 rings (SSSR count). The number of nitrogens with one attached hydrogen (secondary N) is 1. The maximum atomic E-state index is 13.0. The highest BCUT2D eigenvalue weighted by Crippen LogP contribution is 2.18. The third-order valence-electron chi connectivity index (χ3n) is 4.34. The molecule has 1 N–H and O–H groups in total. The summed E-state index contributed by atoms with van der Waals surface area (Å²) >= 11 is 0. The molecule has 0 bridgehead atoms. The average Bonchev–Trinajstić information content (AvgIpc) is 2.70. The summed E-state index contributed by atoms with van der Waals surface area (Å²) in [6.07, 6.45) is 0. The molecule has 0 radical (unpaired) electrons. The lowest BCUT2D eigenvalue weighted by Crippen LogP contribution is -2.46. The third-order valence-corrected chi connectivity index (χ3v) is 4.34. The van der Waals surface area contributed by atoms with Crippen LogP contribution in [0.2, 0.25) is 0 Å². The zero-order valence-corrected chi connectivity index (χ0v) is 14.0. The van der Waals surface area contributed by atoms with Gasteiger partial charge in [0.2, 0.25) is 5.91 Å². The van der Waals surface area contributed by atoms with Gasteiger partial charge in [0.1, 0.15) is 6.04 Å². The zero-order valence-electron chi connectivity index (χ0n) is 14.0. The van der Waals surface area contributed by atoms with Crippen LogP contribution in [0.5, 0.6) is 0 Å². The first-order valence-electron chi connectivity index (χ1n) is 8.42. The molecule has 128 valence electrons. The highest BCUT2D eigenvalue weighted by Gasteiger charge is 2.26. The SMILES string of the molecule is N#Cc1ccccc1CN[C@H](C(=O)N1CCOCC1)c1ccccc1. The fraction of sp³-hybridized carbons (Fsp3) is 0.300. The van der Waals surface area contributed by atoms with Gasteiger partial charge in [0, 0.05) is 19.6 Å². The van der Waals surface area contributed by atoms with Crippen molar-refractivity contribution in [1.82, 2.24) is 10.2 Å². The molecular weight excluding hydrogens is 314 g/mol. The lowest BCUT2D eigenvalue weighted by molar-refractivity contribution is -0.137. The standard InChI is InChI=1S/C20H21N3O2/c21-14-17-8-4-5-9-18(17)15-22-19(16-6-2-1-3-7-16)20(24)23-10-12-25-13-11-23/h1-9,19,22H,10-13,15H2/t19-/m0/s1. The monoisotopic (exact) mass is 335 g/mol. The molecule has 0 aromatic heterocycles. The van der Waals surface area contributed by atoms with Crippen molar-refractivity contribution < 1.29 is 9.53 Å². The van der Waals surface area contributed by atoms with Crippen molar-refractivity contribution in [1.29, 1.82) is 5.26 Å². The fourth-order valence-electron chi connectivity index (χ4n) is 2.96. The first-order chi connectivity index (χ1) is 12.3. The predicted molar refractivity (Wildman–Crippen MR) is 94.6 cm³/mol. The number of morpholine rings is 1. The van der Waals surface area contributed by atoms with Crippen LogP contribution < -0.4 is 5.32 Å². The van der Waals surface area contributed by atoms with E-state index >= 15 is 0 Å². The van der Waals surface area contributed by atoms with Gasteiger partial charge >= 0.3 is 0 Å². The Morgan fingerprint density at radius 3 is 2.52 bits per heavy atom. The van der Waals surface area contributed by atoms with Gasteiger partial charge < -0.3 is 9.64 Å². The van der Waals surface area contributed by atoms with E-state index in [2.05, 4.69) is 11.4 Å². The molecule has 1 amide bonds. The van der Waals surface area contributed by atoms with Gasteiger partial charge in [-0.2, -0.15) is 5.26 Å². The summed E-state index contributed by atoms with van der Waals surface area (Å²) in [6.45, 7) is 2.83. The van der Waals surface area contributed by atoms with E-state index in [1.807, 2.05) is 53.4 Å². The lowest BCUT2D eigenvalue weighted by Gasteiger charge is -2.31. The fourth-order valence-corrected chi connectivity index (χ4v) is 2.96. The van der Waals surface area contributed by atoms with Crippen LogP contribution in [0.15, 0.2) is 54.6 Å². The molecule has 1 aliphatic heterocycles. The molecule has 2 aromatic rings. The summed E-state index contributed by atoms with van der Waals surface area (Å²) < 4.78 is 5.34. The molecule has 1 fully saturated rings. The molecule has 1 atom stereocenters. The second-order valence-electron chi connectivity index (χ2n) is 5.93. The van der Waals surface area contributed by atoms with Crippen LogP contribution in [-0.4, -0.2) is 37.1 Å². The Hall–Kier alpha value is -2.68. The normalized spacial score (nSPS) is 15.4. The molecule has 5 heteroatoms. The summed E-state index contributed by atoms with van der Waals surface area (Å²) in [5.74, 6) is 0.0453. The molecule has 1 saturated heterocycles. The molecule has 1 aliphatic rings. The van der Waals surface area contributed by atoms with E-state index < -0.39 is 6.04 Å². The minimum absolute atomic E-state index is 0.0453. The molecule has 1 heterocycles. The van der Waals surface area contributed by atoms with E-state index in [9.17, 15) is 10.1 Å². The number of nitriles is 1. The number of hydrogen-bond donors (Lipinski definition) is 1. The van der Waals surface area contributed by atoms with E-state index in [1.54, 1.807) is 6.07 Å². The first kappa shape index (κ1) is 17.2. The number of benzene rings is 2. The van der Waals surface area contributed by atoms with Crippen LogP contribution in [0.1, 0.15) is 22.7 Å². The van der Waals surface area contributed by atoms with E-state index in [0.29, 0.717) is 38.4 Å². The van der Waals surface area contributed by atoms with Gasteiger partial charge in [-0.05, 0) is 17.2 Å². The maximum Gasteiger partial charge on any atom is 0.244 e. The molecule has 0 spiro atoms. The molecule has 0 unspecified atom stereocenters. The van der Waals surface area contributed by atoms with Crippen LogP contribution >= 0.6 is 0 Å².